The Kier molecular flexibility index (Phi) is 9.55. The fourth-order valence-electron chi connectivity index (χ4n) is 6.07. The quantitative estimate of drug-likeness (QED) is 0.0890. The third-order valence-corrected chi connectivity index (χ3v) is 10.4. The van der Waals surface area contributed by atoms with Gasteiger partial charge in [0.1, 0.15) is 24.1 Å². The number of hydrogen-bond acceptors (Lipinski definition) is 11. The van der Waals surface area contributed by atoms with E-state index in [4.69, 9.17) is 21.1 Å². The third-order valence-electron chi connectivity index (χ3n) is 8.73. The zero-order chi connectivity index (χ0) is 33.5. The molecule has 3 heterocycles. The van der Waals surface area contributed by atoms with E-state index < -0.39 is 68.7 Å². The lowest BCUT2D eigenvalue weighted by Gasteiger charge is -2.34. The number of aliphatic hydroxyl groups excluding tert-OH is 3. The molecule has 6 rings (SSSR count). The number of nitrogens with zero attached hydrogens (tertiary/aromatic N) is 4. The number of aromatic hydroxyl groups is 1. The molecule has 1 saturated heterocycles. The number of rotatable bonds is 11. The van der Waals surface area contributed by atoms with Crippen LogP contribution in [0.5, 0.6) is 5.75 Å². The average molecular weight is 694 g/mol. The van der Waals surface area contributed by atoms with Gasteiger partial charge in [0.05, 0.1) is 24.8 Å². The summed E-state index contributed by atoms with van der Waals surface area (Å²) in [5, 5.41) is 47.8. The summed E-state index contributed by atoms with van der Waals surface area (Å²) in [7, 11) is -5.19. The summed E-state index contributed by atoms with van der Waals surface area (Å²) in [5.41, 5.74) is 1.24. The number of fused-ring (bicyclic) bond motifs is 1. The van der Waals surface area contributed by atoms with E-state index in [0.717, 1.165) is 31.7 Å². The van der Waals surface area contributed by atoms with Crippen molar-refractivity contribution in [3.8, 4) is 16.9 Å². The summed E-state index contributed by atoms with van der Waals surface area (Å²) in [6.07, 6.45) is -0.517. The number of anilines is 1. The number of ether oxygens (including phenoxy) is 2. The van der Waals surface area contributed by atoms with E-state index in [2.05, 4.69) is 20.4 Å². The first kappa shape index (κ1) is 33.7. The van der Waals surface area contributed by atoms with Crippen molar-refractivity contribution in [2.75, 3.05) is 18.5 Å². The molecule has 14 nitrogen and oxygen atoms in total. The summed E-state index contributed by atoms with van der Waals surface area (Å²) in [6, 6.07) is 10.3. The average Bonchev–Trinajstić information content (AvgIpc) is 3.77. The fraction of sp³-hybridized carbons (Fsp3) is 0.433. The summed E-state index contributed by atoms with van der Waals surface area (Å²) >= 11 is 6.22. The lowest BCUT2D eigenvalue weighted by Crippen LogP contribution is -2.43. The van der Waals surface area contributed by atoms with Gasteiger partial charge in [-0.1, -0.05) is 49.2 Å². The van der Waals surface area contributed by atoms with E-state index >= 15 is 0 Å². The van der Waals surface area contributed by atoms with Crippen molar-refractivity contribution in [3.63, 3.8) is 0 Å². The molecule has 17 heteroatoms. The number of para-hydroxylation sites is 1. The number of aliphatic hydroxyl groups is 3. The van der Waals surface area contributed by atoms with Crippen LogP contribution in [0.4, 0.5) is 10.2 Å². The van der Waals surface area contributed by atoms with Crippen molar-refractivity contribution in [2.24, 2.45) is 0 Å². The molecule has 0 amide bonds. The Morgan fingerprint density at radius 2 is 1.83 bits per heavy atom. The molecule has 4 aromatic rings. The molecule has 1 unspecified atom stereocenters. The second kappa shape index (κ2) is 13.3. The zero-order valence-corrected chi connectivity index (χ0v) is 26.5. The van der Waals surface area contributed by atoms with Gasteiger partial charge in [-0.15, -0.1) is 0 Å². The van der Waals surface area contributed by atoms with Gasteiger partial charge in [0.15, 0.2) is 28.8 Å². The van der Waals surface area contributed by atoms with E-state index in [0.29, 0.717) is 22.3 Å². The van der Waals surface area contributed by atoms with Gasteiger partial charge >= 0.3 is 7.60 Å². The summed E-state index contributed by atoms with van der Waals surface area (Å²) in [4.78, 5) is 29.2. The number of nitrogens with one attached hydrogen (secondary N) is 1. The van der Waals surface area contributed by atoms with Crippen LogP contribution in [-0.4, -0.2) is 92.9 Å². The van der Waals surface area contributed by atoms with Gasteiger partial charge in [-0.3, -0.25) is 4.57 Å². The van der Waals surface area contributed by atoms with E-state index in [1.165, 1.54) is 47.3 Å². The van der Waals surface area contributed by atoms with Gasteiger partial charge in [-0.25, -0.2) is 9.07 Å². The summed E-state index contributed by atoms with van der Waals surface area (Å²) < 4.78 is 39.4. The number of phenolic OH excluding ortho intramolecular Hbond substituents is 1. The minimum absolute atomic E-state index is 0.0668. The molecule has 2 fully saturated rings. The number of halogens is 2. The fourth-order valence-corrected chi connectivity index (χ4v) is 7.05. The highest BCUT2D eigenvalue weighted by atomic mass is 35.5. The van der Waals surface area contributed by atoms with E-state index in [1.54, 1.807) is 0 Å². The maximum atomic E-state index is 13.8. The molecule has 7 N–H and O–H groups in total. The molecule has 252 valence electrons. The highest BCUT2D eigenvalue weighted by Gasteiger charge is 2.51. The molecule has 0 radical (unpaired) electrons. The van der Waals surface area contributed by atoms with Gasteiger partial charge in [0, 0.05) is 18.0 Å². The van der Waals surface area contributed by atoms with Crippen LogP contribution in [0.2, 0.25) is 5.28 Å². The Morgan fingerprint density at radius 1 is 1.11 bits per heavy atom. The minimum atomic E-state index is -5.19. The molecule has 1 aliphatic heterocycles. The molecule has 5 atom stereocenters. The monoisotopic (exact) mass is 693 g/mol. The number of phenols is 1. The van der Waals surface area contributed by atoms with E-state index in [-0.39, 0.29) is 22.5 Å². The molecule has 1 saturated carbocycles. The van der Waals surface area contributed by atoms with Gasteiger partial charge in [0.25, 0.3) is 0 Å². The van der Waals surface area contributed by atoms with E-state index in [1.807, 2.05) is 0 Å². The molecule has 2 aromatic carbocycles. The minimum Gasteiger partial charge on any atom is -0.504 e. The maximum absolute atomic E-state index is 13.8. The van der Waals surface area contributed by atoms with Crippen molar-refractivity contribution in [3.05, 3.63) is 65.3 Å². The molecule has 2 aliphatic rings. The predicted molar refractivity (Wildman–Crippen MR) is 167 cm³/mol. The van der Waals surface area contributed by atoms with Crippen LogP contribution in [0.15, 0.2) is 48.7 Å². The first-order chi connectivity index (χ1) is 22.4. The lowest BCUT2D eigenvalue weighted by molar-refractivity contribution is -0.109. The Balaban J connectivity index is 1.20. The van der Waals surface area contributed by atoms with Crippen LogP contribution in [0.25, 0.3) is 22.2 Å². The number of benzene rings is 2. The third kappa shape index (κ3) is 6.60. The Labute approximate surface area is 272 Å². The van der Waals surface area contributed by atoms with Crippen molar-refractivity contribution in [1.82, 2.24) is 19.7 Å². The molecule has 47 heavy (non-hydrogen) atoms. The number of hydrogen-bond donors (Lipinski definition) is 7. The summed E-state index contributed by atoms with van der Waals surface area (Å²) in [5.74, 6) is -0.872. The van der Waals surface area contributed by atoms with Crippen LogP contribution in [0.1, 0.15) is 37.5 Å². The standard InChI is InChI=1S/C30H34ClFN5O9P/c31-29-35-26(34-18-4-1-2-5-18)20-13-33-37(27(20)36-29)28-25(41)24(40)22(46-28)14-45-30(15-38,47(42,43)44)12-16-8-10-17(11-9-16)19-6-3-7-21(32)23(19)39/h3,6-11,13,18,22,24-25,28,38-41H,1-2,4-5,12,14-15H2,(H,34,35,36)(H2,42,43,44)/t22-,24-,25-,28-,30?/m1/s1. The molecule has 1 aliphatic carbocycles. The highest BCUT2D eigenvalue weighted by Crippen LogP contribution is 2.53. The zero-order valence-electron chi connectivity index (χ0n) is 24.9. The van der Waals surface area contributed by atoms with Crippen LogP contribution >= 0.6 is 19.2 Å². The van der Waals surface area contributed by atoms with Crippen molar-refractivity contribution < 1.29 is 48.6 Å². The molecule has 0 spiro atoms. The van der Waals surface area contributed by atoms with Crippen LogP contribution in [0, 0.1) is 5.82 Å². The van der Waals surface area contributed by atoms with Crippen LogP contribution < -0.4 is 5.32 Å². The molecule has 2 aromatic heterocycles. The van der Waals surface area contributed by atoms with E-state index in [9.17, 15) is 39.2 Å². The molecular formula is C30H34ClFN5O9P. The van der Waals surface area contributed by atoms with Gasteiger partial charge in [-0.05, 0) is 41.6 Å². The smallest absolute Gasteiger partial charge is 0.359 e. The number of aromatic nitrogens is 4. The predicted octanol–water partition coefficient (Wildman–Crippen LogP) is 3.09. The van der Waals surface area contributed by atoms with Crippen LogP contribution in [0.3, 0.4) is 0 Å². The largest absolute Gasteiger partial charge is 0.504 e. The second-order valence-electron chi connectivity index (χ2n) is 11.8. The first-order valence-corrected chi connectivity index (χ1v) is 17.0. The second-order valence-corrected chi connectivity index (χ2v) is 14.0. The normalized spacial score (nSPS) is 23.4. The lowest BCUT2D eigenvalue weighted by atomic mass is 10.0. The van der Waals surface area contributed by atoms with Gasteiger partial charge < -0.3 is 45.0 Å². The van der Waals surface area contributed by atoms with Crippen molar-refractivity contribution in [2.45, 2.75) is 68.0 Å². The Hall–Kier alpha value is -3.24. The molecule has 0 bridgehead atoms. The Morgan fingerprint density at radius 3 is 2.51 bits per heavy atom. The highest BCUT2D eigenvalue weighted by molar-refractivity contribution is 7.53. The van der Waals surface area contributed by atoms with Crippen LogP contribution in [-0.2, 0) is 20.5 Å². The van der Waals surface area contributed by atoms with Crippen molar-refractivity contribution in [1.29, 1.82) is 0 Å². The molecular weight excluding hydrogens is 660 g/mol. The maximum Gasteiger partial charge on any atom is 0.359 e. The SMILES string of the molecule is O=P(O)(O)C(CO)(Cc1ccc(-c2cccc(F)c2O)cc1)OC[C@H]1O[C@@H](n2ncc3c(NC4CCCC4)nc(Cl)nc32)[C@H](O)[C@@H]1O. The topological polar surface area (TPSA) is 213 Å². The van der Waals surface area contributed by atoms with Gasteiger partial charge in [-0.2, -0.15) is 15.1 Å². The Bertz CT molecular complexity index is 1790. The van der Waals surface area contributed by atoms with Crippen molar-refractivity contribution >= 4 is 36.0 Å². The van der Waals surface area contributed by atoms with Gasteiger partial charge in [0.2, 0.25) is 5.28 Å². The first-order valence-electron chi connectivity index (χ1n) is 15.0. The summed E-state index contributed by atoms with van der Waals surface area (Å²) in [6.45, 7) is -1.73.